The molecule has 114 valence electrons. The van der Waals surface area contributed by atoms with Gasteiger partial charge in [-0.15, -0.1) is 11.8 Å². The van der Waals surface area contributed by atoms with E-state index in [-0.39, 0.29) is 11.7 Å². The van der Waals surface area contributed by atoms with Crippen LogP contribution in [0.2, 0.25) is 0 Å². The van der Waals surface area contributed by atoms with E-state index in [2.05, 4.69) is 5.32 Å². The number of rotatable bonds is 5. The average Bonchev–Trinajstić information content (AvgIpc) is 2.74. The zero-order valence-corrected chi connectivity index (χ0v) is 13.4. The molecule has 1 fully saturated rings. The second-order valence-corrected chi connectivity index (χ2v) is 6.68. The smallest absolute Gasteiger partial charge is 0.230 e. The predicted octanol–water partition coefficient (Wildman–Crippen LogP) is 3.82. The molecule has 3 nitrogen and oxygen atoms in total. The SMILES string of the molecule is CC(=O)c1cccc(SCC(=O)NC2CCCCCC2)c1. The fourth-order valence-corrected chi connectivity index (χ4v) is 3.41. The van der Waals surface area contributed by atoms with E-state index in [1.165, 1.54) is 37.4 Å². The molecule has 0 atom stereocenters. The Morgan fingerprint density at radius 2 is 1.90 bits per heavy atom. The van der Waals surface area contributed by atoms with Crippen LogP contribution in [0.4, 0.5) is 0 Å². The van der Waals surface area contributed by atoms with Crippen molar-refractivity contribution >= 4 is 23.5 Å². The zero-order chi connectivity index (χ0) is 15.1. The Kier molecular flexibility index (Phi) is 6.30. The van der Waals surface area contributed by atoms with Gasteiger partial charge in [0.05, 0.1) is 5.75 Å². The molecule has 21 heavy (non-hydrogen) atoms. The highest BCUT2D eigenvalue weighted by Crippen LogP contribution is 2.20. The van der Waals surface area contributed by atoms with E-state index >= 15 is 0 Å². The van der Waals surface area contributed by atoms with Crippen molar-refractivity contribution in [1.82, 2.24) is 5.32 Å². The Morgan fingerprint density at radius 3 is 2.57 bits per heavy atom. The lowest BCUT2D eigenvalue weighted by molar-refractivity contribution is -0.119. The Morgan fingerprint density at radius 1 is 1.19 bits per heavy atom. The third-order valence-corrected chi connectivity index (χ3v) is 4.82. The first kappa shape index (κ1) is 16.1. The van der Waals surface area contributed by atoms with Gasteiger partial charge in [-0.2, -0.15) is 0 Å². The number of Topliss-reactive ketones (excluding diaryl/α,β-unsaturated/α-hetero) is 1. The van der Waals surface area contributed by atoms with Crippen molar-refractivity contribution in [2.45, 2.75) is 56.4 Å². The number of nitrogens with one attached hydrogen (secondary N) is 1. The zero-order valence-electron chi connectivity index (χ0n) is 12.6. The number of carbonyl (C=O) groups is 2. The summed E-state index contributed by atoms with van der Waals surface area (Å²) >= 11 is 1.49. The highest BCUT2D eigenvalue weighted by atomic mass is 32.2. The Bertz CT molecular complexity index is 493. The number of amides is 1. The number of benzene rings is 1. The molecule has 1 aliphatic rings. The quantitative estimate of drug-likeness (QED) is 0.511. The van der Waals surface area contributed by atoms with Crippen molar-refractivity contribution in [3.05, 3.63) is 29.8 Å². The summed E-state index contributed by atoms with van der Waals surface area (Å²) < 4.78 is 0. The molecule has 4 heteroatoms. The molecule has 0 aromatic heterocycles. The van der Waals surface area contributed by atoms with Gasteiger partial charge in [0, 0.05) is 16.5 Å². The third kappa shape index (κ3) is 5.54. The van der Waals surface area contributed by atoms with Crippen LogP contribution in [-0.2, 0) is 4.79 Å². The fraction of sp³-hybridized carbons (Fsp3) is 0.529. The molecule has 0 spiro atoms. The van der Waals surface area contributed by atoms with Crippen LogP contribution < -0.4 is 5.32 Å². The first-order chi connectivity index (χ1) is 10.1. The summed E-state index contributed by atoms with van der Waals surface area (Å²) in [5.74, 6) is 0.568. The maximum absolute atomic E-state index is 12.0. The number of hydrogen-bond donors (Lipinski definition) is 1. The number of thioether (sulfide) groups is 1. The molecule has 1 saturated carbocycles. The lowest BCUT2D eigenvalue weighted by Gasteiger charge is -2.16. The summed E-state index contributed by atoms with van der Waals surface area (Å²) in [4.78, 5) is 24.3. The van der Waals surface area contributed by atoms with Crippen LogP contribution >= 0.6 is 11.8 Å². The summed E-state index contributed by atoms with van der Waals surface area (Å²) in [5.41, 5.74) is 0.698. The number of hydrogen-bond acceptors (Lipinski definition) is 3. The topological polar surface area (TPSA) is 46.2 Å². The van der Waals surface area contributed by atoms with Crippen molar-refractivity contribution in [1.29, 1.82) is 0 Å². The molecule has 1 amide bonds. The lowest BCUT2D eigenvalue weighted by Crippen LogP contribution is -2.35. The number of carbonyl (C=O) groups excluding carboxylic acids is 2. The van der Waals surface area contributed by atoms with Crippen molar-refractivity contribution in [3.63, 3.8) is 0 Å². The van der Waals surface area contributed by atoms with Gasteiger partial charge in [0.25, 0.3) is 0 Å². The Hall–Kier alpha value is -1.29. The monoisotopic (exact) mass is 305 g/mol. The van der Waals surface area contributed by atoms with E-state index in [4.69, 9.17) is 0 Å². The summed E-state index contributed by atoms with van der Waals surface area (Å²) in [6.45, 7) is 1.56. The standard InChI is InChI=1S/C17H23NO2S/c1-13(19)14-7-6-10-16(11-14)21-12-17(20)18-15-8-4-2-3-5-9-15/h6-7,10-11,15H,2-5,8-9,12H2,1H3,(H,18,20). The summed E-state index contributed by atoms with van der Waals surface area (Å²) in [7, 11) is 0. The van der Waals surface area contributed by atoms with Gasteiger partial charge in [0.1, 0.15) is 0 Å². The normalized spacial score (nSPS) is 16.2. The second kappa shape index (κ2) is 8.23. The first-order valence-electron chi connectivity index (χ1n) is 7.68. The van der Waals surface area contributed by atoms with E-state index in [0.717, 1.165) is 17.7 Å². The van der Waals surface area contributed by atoms with Gasteiger partial charge >= 0.3 is 0 Å². The van der Waals surface area contributed by atoms with Crippen LogP contribution in [0.15, 0.2) is 29.2 Å². The molecule has 0 aliphatic heterocycles. The summed E-state index contributed by atoms with van der Waals surface area (Å²) in [6.07, 6.45) is 7.24. The van der Waals surface area contributed by atoms with Gasteiger partial charge in [0.2, 0.25) is 5.91 Å². The van der Waals surface area contributed by atoms with E-state index in [0.29, 0.717) is 17.4 Å². The van der Waals surface area contributed by atoms with Crippen molar-refractivity contribution < 1.29 is 9.59 Å². The largest absolute Gasteiger partial charge is 0.353 e. The van der Waals surface area contributed by atoms with E-state index < -0.39 is 0 Å². The minimum atomic E-state index is 0.0559. The van der Waals surface area contributed by atoms with Crippen LogP contribution in [0.5, 0.6) is 0 Å². The van der Waals surface area contributed by atoms with E-state index in [1.807, 2.05) is 18.2 Å². The highest BCUT2D eigenvalue weighted by Gasteiger charge is 2.14. The van der Waals surface area contributed by atoms with Crippen LogP contribution in [0.3, 0.4) is 0 Å². The minimum absolute atomic E-state index is 0.0559. The molecule has 0 unspecified atom stereocenters. The van der Waals surface area contributed by atoms with Crippen molar-refractivity contribution in [3.8, 4) is 0 Å². The van der Waals surface area contributed by atoms with Gasteiger partial charge in [-0.3, -0.25) is 9.59 Å². The molecule has 0 saturated heterocycles. The molecule has 1 aromatic rings. The summed E-state index contributed by atoms with van der Waals surface area (Å²) in [6, 6.07) is 7.81. The highest BCUT2D eigenvalue weighted by molar-refractivity contribution is 8.00. The van der Waals surface area contributed by atoms with Crippen molar-refractivity contribution in [2.24, 2.45) is 0 Å². The molecule has 0 heterocycles. The Balaban J connectivity index is 1.80. The van der Waals surface area contributed by atoms with Gasteiger partial charge in [-0.05, 0) is 31.9 Å². The van der Waals surface area contributed by atoms with Gasteiger partial charge in [-0.1, -0.05) is 37.8 Å². The second-order valence-electron chi connectivity index (χ2n) is 5.63. The minimum Gasteiger partial charge on any atom is -0.353 e. The van der Waals surface area contributed by atoms with Crippen LogP contribution in [0.25, 0.3) is 0 Å². The third-order valence-electron chi connectivity index (χ3n) is 3.83. The van der Waals surface area contributed by atoms with Crippen molar-refractivity contribution in [2.75, 3.05) is 5.75 Å². The lowest BCUT2D eigenvalue weighted by atomic mass is 10.1. The fourth-order valence-electron chi connectivity index (χ4n) is 2.65. The Labute approximate surface area is 130 Å². The maximum atomic E-state index is 12.0. The molecular formula is C17H23NO2S. The van der Waals surface area contributed by atoms with Crippen LogP contribution in [0, 0.1) is 0 Å². The maximum Gasteiger partial charge on any atom is 0.230 e. The molecule has 0 bridgehead atoms. The van der Waals surface area contributed by atoms with E-state index in [1.54, 1.807) is 13.0 Å². The molecule has 1 aromatic carbocycles. The van der Waals surface area contributed by atoms with Gasteiger partial charge in [0.15, 0.2) is 5.78 Å². The predicted molar refractivity (Wildman–Crippen MR) is 86.8 cm³/mol. The van der Waals surface area contributed by atoms with Gasteiger partial charge < -0.3 is 5.32 Å². The van der Waals surface area contributed by atoms with Gasteiger partial charge in [-0.25, -0.2) is 0 Å². The molecule has 2 rings (SSSR count). The average molecular weight is 305 g/mol. The van der Waals surface area contributed by atoms with E-state index in [9.17, 15) is 9.59 Å². The first-order valence-corrected chi connectivity index (χ1v) is 8.67. The van der Waals surface area contributed by atoms with Crippen LogP contribution in [-0.4, -0.2) is 23.5 Å². The van der Waals surface area contributed by atoms with Crippen LogP contribution in [0.1, 0.15) is 55.8 Å². The molecule has 1 N–H and O–H groups in total. The number of ketones is 1. The molecule has 0 radical (unpaired) electrons. The molecular weight excluding hydrogens is 282 g/mol. The summed E-state index contributed by atoms with van der Waals surface area (Å²) in [5, 5.41) is 3.14. The molecule has 1 aliphatic carbocycles.